The maximum absolute atomic E-state index is 12.3. The summed E-state index contributed by atoms with van der Waals surface area (Å²) < 4.78 is 10.8. The van der Waals surface area contributed by atoms with Crippen molar-refractivity contribution in [2.75, 3.05) is 27.0 Å². The highest BCUT2D eigenvalue weighted by Crippen LogP contribution is 2.30. The molecule has 174 valence electrons. The van der Waals surface area contributed by atoms with E-state index in [4.69, 9.17) is 20.3 Å². The minimum Gasteiger partial charge on any atom is -0.476 e. The third kappa shape index (κ3) is 9.97. The topological polar surface area (TPSA) is 115 Å². The fourth-order valence-corrected chi connectivity index (χ4v) is 3.59. The Balaban J connectivity index is 0.00000192. The van der Waals surface area contributed by atoms with Crippen molar-refractivity contribution in [1.29, 1.82) is 0 Å². The summed E-state index contributed by atoms with van der Waals surface area (Å²) in [4.78, 5) is 29.4. The number of hydrogen-bond acceptors (Lipinski definition) is 7. The molecule has 1 aromatic heterocycles. The number of carbonyl (C=O) groups is 2. The first-order chi connectivity index (χ1) is 14.3. The van der Waals surface area contributed by atoms with Crippen molar-refractivity contribution >= 4 is 23.2 Å². The number of unbranched alkanes of at least 4 members (excludes halogenated alkanes) is 1. The number of carboxylic acids is 1. The molecule has 0 saturated heterocycles. The molecule has 1 heterocycles. The average Bonchev–Trinajstić information content (AvgIpc) is 3.22. The molecule has 0 radical (unpaired) electrons. The number of aromatic nitrogens is 1. The van der Waals surface area contributed by atoms with E-state index in [1.807, 2.05) is 20.8 Å². The van der Waals surface area contributed by atoms with Crippen molar-refractivity contribution < 1.29 is 24.2 Å². The number of nitrogens with two attached hydrogens (primary N) is 1. The molecule has 1 amide bonds. The van der Waals surface area contributed by atoms with Crippen LogP contribution in [0.2, 0.25) is 0 Å². The quantitative estimate of drug-likeness (QED) is 0.442. The van der Waals surface area contributed by atoms with Gasteiger partial charge in [0.1, 0.15) is 17.9 Å². The summed E-state index contributed by atoms with van der Waals surface area (Å²) in [5.74, 6) is -1.02. The van der Waals surface area contributed by atoms with Gasteiger partial charge in [-0.15, -0.1) is 11.3 Å². The van der Waals surface area contributed by atoms with Crippen LogP contribution in [0, 0.1) is 5.92 Å². The normalized spacial score (nSPS) is 12.8. The van der Waals surface area contributed by atoms with Gasteiger partial charge < -0.3 is 25.2 Å². The Bertz CT molecular complexity index is 607. The molecular weight excluding hydrogens is 406 g/mol. The van der Waals surface area contributed by atoms with Gasteiger partial charge in [-0.25, -0.2) is 9.78 Å². The molecule has 0 aliphatic carbocycles. The highest BCUT2D eigenvalue weighted by atomic mass is 32.1. The van der Waals surface area contributed by atoms with Crippen molar-refractivity contribution in [2.24, 2.45) is 11.7 Å². The molecule has 0 saturated carbocycles. The van der Waals surface area contributed by atoms with Crippen LogP contribution in [-0.2, 0) is 14.3 Å². The largest absolute Gasteiger partial charge is 0.476 e. The monoisotopic (exact) mass is 445 g/mol. The molecule has 0 aliphatic heterocycles. The lowest BCUT2D eigenvalue weighted by Gasteiger charge is -2.36. The zero-order valence-corrected chi connectivity index (χ0v) is 20.0. The first kappa shape index (κ1) is 28.5. The van der Waals surface area contributed by atoms with Gasteiger partial charge in [0, 0.05) is 31.5 Å². The van der Waals surface area contributed by atoms with E-state index in [-0.39, 0.29) is 36.9 Å². The fourth-order valence-electron chi connectivity index (χ4n) is 2.74. The highest BCUT2D eigenvalue weighted by molar-refractivity contribution is 7.09. The number of thiazole rings is 1. The van der Waals surface area contributed by atoms with Crippen molar-refractivity contribution in [3.05, 3.63) is 16.1 Å². The van der Waals surface area contributed by atoms with Crippen molar-refractivity contribution in [2.45, 2.75) is 72.4 Å². The molecule has 0 fully saturated rings. The number of ether oxygens (including phenoxy) is 2. The van der Waals surface area contributed by atoms with E-state index in [1.54, 1.807) is 4.90 Å². The number of carbonyl (C=O) groups excluding carboxylic acids is 1. The lowest BCUT2D eigenvalue weighted by molar-refractivity contribution is -0.135. The van der Waals surface area contributed by atoms with Gasteiger partial charge in [-0.1, -0.05) is 47.5 Å². The van der Waals surface area contributed by atoms with Gasteiger partial charge in [0.15, 0.2) is 5.69 Å². The molecule has 3 N–H and O–H groups in total. The number of carboxylic acid groups (broad SMARTS) is 1. The molecule has 1 aromatic rings. The van der Waals surface area contributed by atoms with Crippen molar-refractivity contribution in [1.82, 2.24) is 9.88 Å². The number of methoxy groups -OCH3 is 1. The first-order valence-corrected chi connectivity index (χ1v) is 11.4. The molecule has 0 spiro atoms. The molecule has 0 aromatic carbocycles. The molecule has 0 aliphatic rings. The number of amides is 1. The van der Waals surface area contributed by atoms with Crippen molar-refractivity contribution in [3.63, 3.8) is 0 Å². The minimum absolute atomic E-state index is 0.0134. The molecule has 1 rings (SSSR count). The van der Waals surface area contributed by atoms with E-state index in [9.17, 15) is 9.59 Å². The summed E-state index contributed by atoms with van der Waals surface area (Å²) in [6.07, 6.45) is 3.48. The summed E-state index contributed by atoms with van der Waals surface area (Å²) in [6, 6.07) is -0.106. The molecule has 0 bridgehead atoms. The van der Waals surface area contributed by atoms with Crippen molar-refractivity contribution in [3.8, 4) is 0 Å². The van der Waals surface area contributed by atoms with Gasteiger partial charge in [0.2, 0.25) is 5.91 Å². The Labute approximate surface area is 184 Å². The predicted molar refractivity (Wildman–Crippen MR) is 120 cm³/mol. The number of rotatable bonds is 13. The third-order valence-electron chi connectivity index (χ3n) is 4.49. The van der Waals surface area contributed by atoms with Crippen LogP contribution in [-0.4, -0.2) is 59.9 Å². The Kier molecular flexibility index (Phi) is 15.3. The average molecular weight is 446 g/mol. The van der Waals surface area contributed by atoms with Crippen LogP contribution in [0.15, 0.2) is 5.38 Å². The fraction of sp³-hybridized carbons (Fsp3) is 0.762. The Morgan fingerprint density at radius 3 is 2.27 bits per heavy atom. The molecule has 2 atom stereocenters. The molecule has 9 heteroatoms. The van der Waals surface area contributed by atoms with Crippen LogP contribution < -0.4 is 5.73 Å². The van der Waals surface area contributed by atoms with E-state index in [2.05, 4.69) is 18.8 Å². The van der Waals surface area contributed by atoms with Gasteiger partial charge >= 0.3 is 5.97 Å². The maximum atomic E-state index is 12.3. The van der Waals surface area contributed by atoms with E-state index in [1.165, 1.54) is 36.7 Å². The molecule has 8 nitrogen and oxygen atoms in total. The van der Waals surface area contributed by atoms with E-state index >= 15 is 0 Å². The zero-order valence-electron chi connectivity index (χ0n) is 19.2. The van der Waals surface area contributed by atoms with E-state index in [0.29, 0.717) is 18.0 Å². The van der Waals surface area contributed by atoms with Gasteiger partial charge in [0.25, 0.3) is 0 Å². The van der Waals surface area contributed by atoms with Gasteiger partial charge in [0.05, 0.1) is 6.54 Å². The van der Waals surface area contributed by atoms with Crippen LogP contribution in [0.3, 0.4) is 0 Å². The Hall–Kier alpha value is -1.55. The second-order valence-corrected chi connectivity index (χ2v) is 8.17. The van der Waals surface area contributed by atoms with Gasteiger partial charge in [-0.2, -0.15) is 0 Å². The molecule has 30 heavy (non-hydrogen) atoms. The standard InChI is InChI=1S/C17H29N3O5S.C4H10/c1-5-6-20(15(21)8-18)13(11(2)3)7-14(25-10-24-4)16-19-12(9-26-16)17(22)23;1-3-4-2/h9,11,13-14H,5-8,10,18H2,1-4H3,(H,22,23);3-4H2,1-2H3. The molecular formula is C21H39N3O5S. The lowest BCUT2D eigenvalue weighted by Crippen LogP contribution is -2.47. The van der Waals surface area contributed by atoms with Gasteiger partial charge in [-0.05, 0) is 12.3 Å². The first-order valence-electron chi connectivity index (χ1n) is 10.6. The minimum atomic E-state index is -1.08. The summed E-state index contributed by atoms with van der Waals surface area (Å²) >= 11 is 1.23. The zero-order chi connectivity index (χ0) is 23.1. The second-order valence-electron chi connectivity index (χ2n) is 7.28. The molecule has 2 unspecified atom stereocenters. The summed E-state index contributed by atoms with van der Waals surface area (Å²) in [7, 11) is 1.52. The predicted octanol–water partition coefficient (Wildman–Crippen LogP) is 3.92. The van der Waals surface area contributed by atoms with Crippen LogP contribution in [0.5, 0.6) is 0 Å². The van der Waals surface area contributed by atoms with Gasteiger partial charge in [-0.3, -0.25) is 4.79 Å². The second kappa shape index (κ2) is 16.2. The Morgan fingerprint density at radius 1 is 1.23 bits per heavy atom. The van der Waals surface area contributed by atoms with Crippen LogP contribution in [0.25, 0.3) is 0 Å². The Morgan fingerprint density at radius 2 is 1.87 bits per heavy atom. The van der Waals surface area contributed by atoms with Crippen LogP contribution in [0.4, 0.5) is 0 Å². The lowest BCUT2D eigenvalue weighted by atomic mass is 9.95. The summed E-state index contributed by atoms with van der Waals surface area (Å²) in [5.41, 5.74) is 5.57. The summed E-state index contributed by atoms with van der Waals surface area (Å²) in [5, 5.41) is 11.1. The number of aromatic carboxylic acids is 1. The number of nitrogens with zero attached hydrogens (tertiary/aromatic N) is 2. The van der Waals surface area contributed by atoms with Crippen LogP contribution >= 0.6 is 11.3 Å². The number of hydrogen-bond donors (Lipinski definition) is 2. The highest BCUT2D eigenvalue weighted by Gasteiger charge is 2.30. The third-order valence-corrected chi connectivity index (χ3v) is 5.43. The smallest absolute Gasteiger partial charge is 0.355 e. The summed E-state index contributed by atoms with van der Waals surface area (Å²) in [6.45, 7) is 11.1. The van der Waals surface area contributed by atoms with Crippen LogP contribution in [0.1, 0.15) is 81.9 Å². The maximum Gasteiger partial charge on any atom is 0.355 e. The SMILES string of the molecule is CCCC.CCCN(C(=O)CN)C(CC(OCOC)c1nc(C(=O)O)cs1)C(C)C. The van der Waals surface area contributed by atoms with E-state index in [0.717, 1.165) is 6.42 Å². The van der Waals surface area contributed by atoms with E-state index < -0.39 is 12.1 Å².